The van der Waals surface area contributed by atoms with Crippen LogP contribution in [0.25, 0.3) is 0 Å². The smallest absolute Gasteiger partial charge is 0.0402 e. The fraction of sp³-hybridized carbons (Fsp3) is 0.625. The fourth-order valence-corrected chi connectivity index (χ4v) is 3.62. The molecule has 1 aromatic carbocycles. The Morgan fingerprint density at radius 1 is 1.22 bits per heavy atom. The van der Waals surface area contributed by atoms with Gasteiger partial charge in [-0.05, 0) is 43.7 Å². The number of nitrogens with zero attached hydrogens (tertiary/aromatic N) is 1. The average molecular weight is 244 g/mol. The van der Waals surface area contributed by atoms with Crippen LogP contribution in [0.15, 0.2) is 24.3 Å². The summed E-state index contributed by atoms with van der Waals surface area (Å²) in [6, 6.07) is 9.90. The minimum absolute atomic E-state index is 0.415. The molecule has 3 unspecified atom stereocenters. The highest BCUT2D eigenvalue weighted by Gasteiger charge is 2.30. The van der Waals surface area contributed by atoms with E-state index in [9.17, 15) is 0 Å². The lowest BCUT2D eigenvalue weighted by Crippen LogP contribution is -2.43. The van der Waals surface area contributed by atoms with Crippen LogP contribution in [0.4, 0.5) is 5.69 Å². The van der Waals surface area contributed by atoms with Gasteiger partial charge in [0.2, 0.25) is 0 Å². The van der Waals surface area contributed by atoms with Crippen molar-refractivity contribution in [1.82, 2.24) is 0 Å². The van der Waals surface area contributed by atoms with Gasteiger partial charge in [-0.1, -0.05) is 31.0 Å². The van der Waals surface area contributed by atoms with Gasteiger partial charge in [0.15, 0.2) is 0 Å². The molecule has 0 radical (unpaired) electrons. The van der Waals surface area contributed by atoms with Crippen molar-refractivity contribution in [2.24, 2.45) is 11.7 Å². The normalized spacial score (nSPS) is 31.4. The van der Waals surface area contributed by atoms with Crippen LogP contribution in [0.2, 0.25) is 0 Å². The third-order valence-electron chi connectivity index (χ3n) is 4.75. The van der Waals surface area contributed by atoms with Gasteiger partial charge in [-0.25, -0.2) is 0 Å². The first-order valence-corrected chi connectivity index (χ1v) is 7.36. The molecule has 3 rings (SSSR count). The number of nitrogens with two attached hydrogens (primary N) is 1. The minimum Gasteiger partial charge on any atom is -0.368 e. The lowest BCUT2D eigenvalue weighted by molar-refractivity contribution is 0.306. The highest BCUT2D eigenvalue weighted by molar-refractivity contribution is 5.59. The van der Waals surface area contributed by atoms with Crippen LogP contribution in [0.3, 0.4) is 0 Å². The molecule has 0 bridgehead atoms. The molecule has 2 nitrogen and oxygen atoms in total. The number of hydrogen-bond donors (Lipinski definition) is 1. The predicted molar refractivity (Wildman–Crippen MR) is 76.9 cm³/mol. The first kappa shape index (κ1) is 12.0. The molecule has 1 aliphatic carbocycles. The maximum Gasteiger partial charge on any atom is 0.0402 e. The van der Waals surface area contributed by atoms with Crippen LogP contribution in [-0.4, -0.2) is 18.6 Å². The van der Waals surface area contributed by atoms with Gasteiger partial charge in [0.1, 0.15) is 0 Å². The zero-order valence-corrected chi connectivity index (χ0v) is 11.3. The van der Waals surface area contributed by atoms with Crippen molar-refractivity contribution in [3.05, 3.63) is 29.8 Å². The van der Waals surface area contributed by atoms with Crippen molar-refractivity contribution in [2.75, 3.05) is 11.4 Å². The molecular weight excluding hydrogens is 220 g/mol. The molecule has 1 heterocycles. The van der Waals surface area contributed by atoms with Gasteiger partial charge in [0, 0.05) is 24.3 Å². The van der Waals surface area contributed by atoms with Crippen molar-refractivity contribution >= 4 is 5.69 Å². The highest BCUT2D eigenvalue weighted by Crippen LogP contribution is 2.34. The number of fused-ring (bicyclic) bond motifs is 1. The third kappa shape index (κ3) is 2.14. The Hall–Kier alpha value is -1.02. The SMILES string of the molecule is CC1Cc2ccccc2N1CC1CCCCC1N. The summed E-state index contributed by atoms with van der Waals surface area (Å²) in [5, 5.41) is 0. The van der Waals surface area contributed by atoms with Crippen molar-refractivity contribution < 1.29 is 0 Å². The van der Waals surface area contributed by atoms with E-state index in [2.05, 4.69) is 36.1 Å². The van der Waals surface area contributed by atoms with E-state index in [0.717, 1.165) is 6.54 Å². The number of benzene rings is 1. The molecule has 1 aromatic rings. The molecule has 2 heteroatoms. The van der Waals surface area contributed by atoms with Gasteiger partial charge in [0.05, 0.1) is 0 Å². The Kier molecular flexibility index (Phi) is 3.29. The van der Waals surface area contributed by atoms with Gasteiger partial charge in [0.25, 0.3) is 0 Å². The molecule has 2 N–H and O–H groups in total. The van der Waals surface area contributed by atoms with Gasteiger partial charge >= 0.3 is 0 Å². The van der Waals surface area contributed by atoms with Crippen LogP contribution in [0.5, 0.6) is 0 Å². The van der Waals surface area contributed by atoms with E-state index in [-0.39, 0.29) is 0 Å². The van der Waals surface area contributed by atoms with E-state index in [4.69, 9.17) is 5.73 Å². The Morgan fingerprint density at radius 3 is 2.83 bits per heavy atom. The van der Waals surface area contributed by atoms with E-state index in [1.165, 1.54) is 43.4 Å². The summed E-state index contributed by atoms with van der Waals surface area (Å²) in [5.41, 5.74) is 9.25. The molecule has 0 aromatic heterocycles. The molecule has 1 aliphatic heterocycles. The fourth-order valence-electron chi connectivity index (χ4n) is 3.62. The van der Waals surface area contributed by atoms with Gasteiger partial charge in [-0.3, -0.25) is 0 Å². The van der Waals surface area contributed by atoms with Gasteiger partial charge in [-0.15, -0.1) is 0 Å². The average Bonchev–Trinajstić information content (AvgIpc) is 2.69. The molecule has 98 valence electrons. The van der Waals surface area contributed by atoms with Crippen LogP contribution < -0.4 is 10.6 Å². The molecule has 0 spiro atoms. The van der Waals surface area contributed by atoms with Crippen molar-refractivity contribution in [2.45, 2.75) is 51.1 Å². The largest absolute Gasteiger partial charge is 0.368 e. The Morgan fingerprint density at radius 2 is 2.00 bits per heavy atom. The van der Waals surface area contributed by atoms with E-state index in [1.54, 1.807) is 0 Å². The minimum atomic E-state index is 0.415. The van der Waals surface area contributed by atoms with E-state index >= 15 is 0 Å². The summed E-state index contributed by atoms with van der Waals surface area (Å²) < 4.78 is 0. The van der Waals surface area contributed by atoms with E-state index in [1.807, 2.05) is 0 Å². The van der Waals surface area contributed by atoms with Crippen molar-refractivity contribution in [3.63, 3.8) is 0 Å². The molecule has 1 saturated carbocycles. The topological polar surface area (TPSA) is 29.3 Å². The lowest BCUT2D eigenvalue weighted by atomic mass is 9.84. The lowest BCUT2D eigenvalue weighted by Gasteiger charge is -2.35. The molecular formula is C16H24N2. The number of hydrogen-bond acceptors (Lipinski definition) is 2. The third-order valence-corrected chi connectivity index (χ3v) is 4.75. The summed E-state index contributed by atoms with van der Waals surface area (Å²) in [4.78, 5) is 2.59. The first-order chi connectivity index (χ1) is 8.75. The summed E-state index contributed by atoms with van der Waals surface area (Å²) >= 11 is 0. The summed E-state index contributed by atoms with van der Waals surface area (Å²) in [6.07, 6.45) is 6.41. The second kappa shape index (κ2) is 4.93. The molecule has 18 heavy (non-hydrogen) atoms. The van der Waals surface area contributed by atoms with Crippen LogP contribution >= 0.6 is 0 Å². The van der Waals surface area contributed by atoms with Crippen molar-refractivity contribution in [1.29, 1.82) is 0 Å². The van der Waals surface area contributed by atoms with E-state index in [0.29, 0.717) is 18.0 Å². The summed E-state index contributed by atoms with van der Waals surface area (Å²) in [7, 11) is 0. The monoisotopic (exact) mass is 244 g/mol. The Labute approximate surface area is 110 Å². The standard InChI is InChI=1S/C16H24N2/c1-12-10-13-6-3-5-9-16(13)18(12)11-14-7-2-4-8-15(14)17/h3,5-6,9,12,14-15H,2,4,7-8,10-11,17H2,1H3. The zero-order chi connectivity index (χ0) is 12.5. The predicted octanol–water partition coefficient (Wildman–Crippen LogP) is 2.96. The second-order valence-electron chi connectivity index (χ2n) is 6.04. The molecule has 0 amide bonds. The van der Waals surface area contributed by atoms with Gasteiger partial charge in [-0.2, -0.15) is 0 Å². The second-order valence-corrected chi connectivity index (χ2v) is 6.04. The van der Waals surface area contributed by atoms with Crippen molar-refractivity contribution in [3.8, 4) is 0 Å². The quantitative estimate of drug-likeness (QED) is 0.866. The maximum atomic E-state index is 6.30. The number of rotatable bonds is 2. The number of anilines is 1. The van der Waals surface area contributed by atoms with Crippen LogP contribution in [0.1, 0.15) is 38.2 Å². The summed E-state index contributed by atoms with van der Waals surface area (Å²) in [5.74, 6) is 0.687. The molecule has 1 fully saturated rings. The van der Waals surface area contributed by atoms with E-state index < -0.39 is 0 Å². The zero-order valence-electron chi connectivity index (χ0n) is 11.3. The number of para-hydroxylation sites is 1. The Bertz CT molecular complexity index is 415. The highest BCUT2D eigenvalue weighted by atomic mass is 15.2. The molecule has 2 aliphatic rings. The Balaban J connectivity index is 1.76. The molecule has 3 atom stereocenters. The van der Waals surface area contributed by atoms with Crippen LogP contribution in [0, 0.1) is 5.92 Å². The van der Waals surface area contributed by atoms with Crippen LogP contribution in [-0.2, 0) is 6.42 Å². The molecule has 0 saturated heterocycles. The summed E-state index contributed by atoms with van der Waals surface area (Å²) in [6.45, 7) is 3.49. The van der Waals surface area contributed by atoms with Gasteiger partial charge < -0.3 is 10.6 Å². The first-order valence-electron chi connectivity index (χ1n) is 7.36. The maximum absolute atomic E-state index is 6.30.